The molecular weight excluding hydrogens is 1040 g/mol. The van der Waals surface area contributed by atoms with Crippen molar-refractivity contribution in [3.05, 3.63) is 191 Å². The van der Waals surface area contributed by atoms with E-state index in [0.717, 1.165) is 27.8 Å². The molecule has 4 saturated heterocycles. The molecule has 12 rings (SSSR count). The minimum absolute atomic E-state index is 0.0326. The van der Waals surface area contributed by atoms with Gasteiger partial charge >= 0.3 is 0 Å². The summed E-state index contributed by atoms with van der Waals surface area (Å²) in [6.45, 7) is 13.4. The van der Waals surface area contributed by atoms with E-state index in [4.69, 9.17) is 18.9 Å². The maximum atomic E-state index is 15.8. The number of hydrogen-bond donors (Lipinski definition) is 4. The first-order valence-electron chi connectivity index (χ1n) is 28.7. The van der Waals surface area contributed by atoms with Gasteiger partial charge in [-0.3, -0.25) is 38.9 Å². The summed E-state index contributed by atoms with van der Waals surface area (Å²) in [7, 11) is 0. The van der Waals surface area contributed by atoms with Crippen molar-refractivity contribution in [3.63, 3.8) is 0 Å². The summed E-state index contributed by atoms with van der Waals surface area (Å²) >= 11 is 0. The number of amides is 4. The Kier molecular flexibility index (Phi) is 15.0. The Balaban J connectivity index is 0.848. The van der Waals surface area contributed by atoms with Gasteiger partial charge < -0.3 is 39.8 Å². The van der Waals surface area contributed by atoms with Gasteiger partial charge in [-0.1, -0.05) is 126 Å². The number of benzene rings is 4. The molecule has 6 aliphatic rings. The van der Waals surface area contributed by atoms with E-state index in [1.807, 2.05) is 97.1 Å². The van der Waals surface area contributed by atoms with Crippen LogP contribution in [0.25, 0.3) is 0 Å². The predicted octanol–water partition coefficient (Wildman–Crippen LogP) is 8.05. The largest absolute Gasteiger partial charge is 0.390 e. The molecule has 14 atom stereocenters. The number of rotatable bonds is 13. The third-order valence-electron chi connectivity index (χ3n) is 17.9. The number of carbonyl (C=O) groups excluding carboxylic acids is 4. The van der Waals surface area contributed by atoms with Crippen LogP contribution in [0.4, 0.5) is 11.4 Å². The highest BCUT2D eigenvalue weighted by atomic mass is 16.7. The van der Waals surface area contributed by atoms with Crippen molar-refractivity contribution in [3.8, 4) is 0 Å². The van der Waals surface area contributed by atoms with Crippen molar-refractivity contribution in [2.24, 2.45) is 23.7 Å². The molecule has 0 saturated carbocycles. The van der Waals surface area contributed by atoms with Crippen LogP contribution in [0.3, 0.4) is 0 Å². The quantitative estimate of drug-likeness (QED) is 0.0869. The zero-order chi connectivity index (χ0) is 57.2. The Bertz CT molecular complexity index is 3320. The van der Waals surface area contributed by atoms with E-state index in [0.29, 0.717) is 47.5 Å². The molecule has 6 heterocycles. The van der Waals surface area contributed by atoms with Gasteiger partial charge in [0, 0.05) is 71.5 Å². The fourth-order valence-electron chi connectivity index (χ4n) is 13.6. The summed E-state index contributed by atoms with van der Waals surface area (Å²) in [6.07, 6.45) is 3.42. The van der Waals surface area contributed by atoms with Crippen LogP contribution < -0.4 is 20.4 Å². The van der Waals surface area contributed by atoms with Crippen molar-refractivity contribution < 1.29 is 48.3 Å². The second kappa shape index (κ2) is 22.2. The van der Waals surface area contributed by atoms with Crippen LogP contribution in [0.1, 0.15) is 123 Å². The van der Waals surface area contributed by atoms with Gasteiger partial charge in [0.15, 0.2) is 6.29 Å². The molecule has 2 aromatic heterocycles. The molecule has 16 nitrogen and oxygen atoms in total. The van der Waals surface area contributed by atoms with Gasteiger partial charge in [-0.25, -0.2) is 0 Å². The zero-order valence-corrected chi connectivity index (χ0v) is 47.1. The van der Waals surface area contributed by atoms with Crippen LogP contribution >= 0.6 is 0 Å². The lowest BCUT2D eigenvalue weighted by Gasteiger charge is -2.35. The SMILES string of the molecule is CC(C)(C)c1ccc(N(C(=O)C2COC3OCCC32)C(C(=O)N[C@@H]2c3ccccc3C(C3COC4C(C(=O)N(c5ccc(C(C)(C)C)cc5)C(C(=O)N[C@@H]5c6ccccc6C[C@@H]5O)c5cccnc5)COC34)[C@@H]2O)c2cccnc2)cc1. The summed E-state index contributed by atoms with van der Waals surface area (Å²) in [4.78, 5) is 73.7. The number of aromatic nitrogens is 2. The normalized spacial score (nSPS) is 27.9. The van der Waals surface area contributed by atoms with Crippen molar-refractivity contribution >= 4 is 35.0 Å². The second-order valence-electron chi connectivity index (χ2n) is 25.0. The highest BCUT2D eigenvalue weighted by Gasteiger charge is 2.58. The lowest BCUT2D eigenvalue weighted by atomic mass is 9.81. The van der Waals surface area contributed by atoms with E-state index in [-0.39, 0.29) is 42.5 Å². The van der Waals surface area contributed by atoms with Gasteiger partial charge in [0.2, 0.25) is 23.6 Å². The molecular formula is C66H72N6O10. The molecule has 6 aromatic rings. The summed E-state index contributed by atoms with van der Waals surface area (Å²) in [5.41, 5.74) is 6.93. The molecule has 426 valence electrons. The molecule has 0 radical (unpaired) electrons. The molecule has 10 unspecified atom stereocenters. The summed E-state index contributed by atoms with van der Waals surface area (Å²) in [6, 6.07) is 33.6. The highest BCUT2D eigenvalue weighted by Crippen LogP contribution is 2.52. The Hall–Kier alpha value is -7.18. The average molecular weight is 1110 g/mol. The van der Waals surface area contributed by atoms with E-state index in [1.165, 1.54) is 4.90 Å². The second-order valence-corrected chi connectivity index (χ2v) is 25.0. The zero-order valence-electron chi connectivity index (χ0n) is 47.1. The third-order valence-corrected chi connectivity index (χ3v) is 17.9. The molecule has 82 heavy (non-hydrogen) atoms. The number of aliphatic hydroxyl groups is 2. The average Bonchev–Trinajstić information content (AvgIpc) is 4.51. The fraction of sp³-hybridized carbons (Fsp3) is 0.424. The number of anilines is 2. The van der Waals surface area contributed by atoms with Crippen LogP contribution in [-0.4, -0.2) is 101 Å². The summed E-state index contributed by atoms with van der Waals surface area (Å²) in [5, 5.41) is 30.6. The minimum atomic E-state index is -1.23. The molecule has 0 bridgehead atoms. The molecule has 4 fully saturated rings. The number of nitrogens with one attached hydrogen (secondary N) is 2. The lowest BCUT2D eigenvalue weighted by molar-refractivity contribution is -0.130. The smallest absolute Gasteiger partial charge is 0.248 e. The molecule has 4 amide bonds. The summed E-state index contributed by atoms with van der Waals surface area (Å²) in [5.74, 6) is -4.43. The van der Waals surface area contributed by atoms with Gasteiger partial charge in [0.1, 0.15) is 12.1 Å². The number of aliphatic hydroxyl groups excluding tert-OH is 2. The third kappa shape index (κ3) is 10.2. The van der Waals surface area contributed by atoms with Crippen molar-refractivity contribution in [2.75, 3.05) is 36.2 Å². The van der Waals surface area contributed by atoms with E-state index in [2.05, 4.69) is 62.1 Å². The van der Waals surface area contributed by atoms with Gasteiger partial charge in [-0.15, -0.1) is 0 Å². The number of pyridine rings is 2. The summed E-state index contributed by atoms with van der Waals surface area (Å²) < 4.78 is 25.3. The first-order valence-corrected chi connectivity index (χ1v) is 28.7. The number of nitrogens with zero attached hydrogens (tertiary/aromatic N) is 4. The molecule has 4 N–H and O–H groups in total. The van der Waals surface area contributed by atoms with Crippen LogP contribution in [0.15, 0.2) is 146 Å². The Morgan fingerprint density at radius 3 is 1.66 bits per heavy atom. The van der Waals surface area contributed by atoms with Crippen LogP contribution in [0, 0.1) is 23.7 Å². The number of fused-ring (bicyclic) bond motifs is 4. The van der Waals surface area contributed by atoms with Gasteiger partial charge in [0.05, 0.1) is 74.8 Å². The number of hydrogen-bond acceptors (Lipinski definition) is 12. The molecule has 4 aromatic carbocycles. The molecule has 0 spiro atoms. The number of carbonyl (C=O) groups is 4. The van der Waals surface area contributed by atoms with E-state index >= 15 is 19.2 Å². The van der Waals surface area contributed by atoms with E-state index < -0.39 is 96.3 Å². The Morgan fingerprint density at radius 2 is 1.09 bits per heavy atom. The predicted molar refractivity (Wildman–Crippen MR) is 306 cm³/mol. The molecule has 4 aliphatic heterocycles. The highest BCUT2D eigenvalue weighted by molar-refractivity contribution is 6.04. The van der Waals surface area contributed by atoms with Crippen LogP contribution in [-0.2, 0) is 55.4 Å². The van der Waals surface area contributed by atoms with Crippen molar-refractivity contribution in [2.45, 2.75) is 126 Å². The van der Waals surface area contributed by atoms with Gasteiger partial charge in [-0.05, 0) is 87.0 Å². The fourth-order valence-corrected chi connectivity index (χ4v) is 13.6. The standard InChI is InChI=1S/C66H72N6O10/c1-65(2,3)40-19-23-42(24-20-40)71(62(77)48-34-82-64-47(48)27-30-79-64)56(39-15-12-29-68-33-39)61(76)70-54-46-18-10-9-17-45(46)52(57(54)74)49-35-80-59-50(36-81-58(49)59)63(78)72(43-25-21-41(22-26-43)66(4,5)6)55(38-14-11-28-67-32-38)60(75)69-53-44-16-8-7-13-37(44)31-51(53)73/h7-26,28-29,32-33,47-59,64,73-74H,27,30-31,34-36H2,1-6H3,(H,69,75)(H,70,76)/t47?,48?,49?,50?,51-,52?,53+,54+,55?,56?,57-,58?,59?,64?/m0/s1. The maximum absolute atomic E-state index is 15.8. The number of ether oxygens (including phenoxy) is 4. The van der Waals surface area contributed by atoms with Crippen LogP contribution in [0.2, 0.25) is 0 Å². The van der Waals surface area contributed by atoms with Gasteiger partial charge in [0.25, 0.3) is 0 Å². The molecule has 2 aliphatic carbocycles. The van der Waals surface area contributed by atoms with Crippen LogP contribution in [0.5, 0.6) is 0 Å². The topological polar surface area (TPSA) is 202 Å². The van der Waals surface area contributed by atoms with Crippen molar-refractivity contribution in [1.82, 2.24) is 20.6 Å². The maximum Gasteiger partial charge on any atom is 0.248 e. The van der Waals surface area contributed by atoms with E-state index in [1.54, 1.807) is 54.0 Å². The van der Waals surface area contributed by atoms with Gasteiger partial charge in [-0.2, -0.15) is 0 Å². The minimum Gasteiger partial charge on any atom is -0.390 e. The Morgan fingerprint density at radius 1 is 0.561 bits per heavy atom. The first kappa shape index (κ1) is 55.4. The monoisotopic (exact) mass is 1110 g/mol. The lowest BCUT2D eigenvalue weighted by Crippen LogP contribution is -2.50. The van der Waals surface area contributed by atoms with E-state index in [9.17, 15) is 10.2 Å². The van der Waals surface area contributed by atoms with Crippen molar-refractivity contribution in [1.29, 1.82) is 0 Å². The Labute approximate surface area is 478 Å². The first-order chi connectivity index (χ1) is 39.5. The molecule has 16 heteroatoms.